The lowest BCUT2D eigenvalue weighted by atomic mass is 9.85. The van der Waals surface area contributed by atoms with Gasteiger partial charge in [-0.05, 0) is 60.7 Å². The Morgan fingerprint density at radius 3 is 2.58 bits per heavy atom. The predicted molar refractivity (Wildman–Crippen MR) is 155 cm³/mol. The summed E-state index contributed by atoms with van der Waals surface area (Å²) in [6.07, 6.45) is 2.83. The molecular formula is C31H33N5O4. The molecule has 1 unspecified atom stereocenters. The number of benzene rings is 3. The summed E-state index contributed by atoms with van der Waals surface area (Å²) in [4.78, 5) is 47.9. The lowest BCUT2D eigenvalue weighted by molar-refractivity contribution is -0.140. The van der Waals surface area contributed by atoms with Crippen molar-refractivity contribution < 1.29 is 19.1 Å². The van der Waals surface area contributed by atoms with Crippen LogP contribution in [0.15, 0.2) is 66.7 Å². The number of hydrogen-bond donors (Lipinski definition) is 3. The molecule has 5 rings (SSSR count). The van der Waals surface area contributed by atoms with Gasteiger partial charge >= 0.3 is 5.97 Å². The maximum absolute atomic E-state index is 13.3. The third-order valence-corrected chi connectivity index (χ3v) is 7.32. The second kappa shape index (κ2) is 12.0. The summed E-state index contributed by atoms with van der Waals surface area (Å²) < 4.78 is 4.94. The number of esters is 1. The monoisotopic (exact) mass is 539 g/mol. The number of para-hydroxylation sites is 2. The number of amides is 2. The number of H-pyrrole nitrogens is 1. The minimum Gasteiger partial charge on any atom is -0.469 e. The number of methoxy groups -OCH3 is 1. The minimum atomic E-state index is -0.364. The Morgan fingerprint density at radius 2 is 1.75 bits per heavy atom. The van der Waals surface area contributed by atoms with E-state index in [0.29, 0.717) is 23.4 Å². The first kappa shape index (κ1) is 26.9. The zero-order chi connectivity index (χ0) is 28.1. The Kier molecular flexibility index (Phi) is 8.10. The van der Waals surface area contributed by atoms with Crippen molar-refractivity contribution in [3.05, 3.63) is 89.0 Å². The number of anilines is 2. The number of unbranched alkanes of at least 4 members (excludes halogenated alkanes) is 2. The number of aromatic nitrogens is 2. The summed E-state index contributed by atoms with van der Waals surface area (Å²) >= 11 is 0. The fourth-order valence-electron chi connectivity index (χ4n) is 5.17. The van der Waals surface area contributed by atoms with Crippen molar-refractivity contribution >= 4 is 40.5 Å². The van der Waals surface area contributed by atoms with Crippen LogP contribution >= 0.6 is 0 Å². The van der Waals surface area contributed by atoms with E-state index in [0.717, 1.165) is 53.9 Å². The molecular weight excluding hydrogens is 506 g/mol. The molecule has 0 fully saturated rings. The summed E-state index contributed by atoms with van der Waals surface area (Å²) in [5, 5.41) is 6.30. The minimum absolute atomic E-state index is 0.0956. The van der Waals surface area contributed by atoms with E-state index in [-0.39, 0.29) is 30.1 Å². The predicted octanol–water partition coefficient (Wildman–Crippen LogP) is 4.86. The van der Waals surface area contributed by atoms with Crippen LogP contribution in [0.3, 0.4) is 0 Å². The first-order valence-corrected chi connectivity index (χ1v) is 13.5. The smallest absolute Gasteiger partial charge is 0.306 e. The molecule has 4 aromatic rings. The van der Waals surface area contributed by atoms with E-state index in [1.54, 1.807) is 30.1 Å². The highest BCUT2D eigenvalue weighted by atomic mass is 16.5. The zero-order valence-electron chi connectivity index (χ0n) is 22.7. The maximum Gasteiger partial charge on any atom is 0.306 e. The molecule has 3 N–H and O–H groups in total. The Bertz CT molecular complexity index is 1510. The molecule has 0 aliphatic carbocycles. The Labute approximate surface area is 232 Å². The molecule has 0 saturated carbocycles. The average molecular weight is 540 g/mol. The maximum atomic E-state index is 13.3. The molecule has 9 nitrogen and oxygen atoms in total. The quantitative estimate of drug-likeness (QED) is 0.196. The lowest BCUT2D eigenvalue weighted by Gasteiger charge is -2.21. The molecule has 40 heavy (non-hydrogen) atoms. The van der Waals surface area contributed by atoms with Gasteiger partial charge in [0, 0.05) is 42.9 Å². The largest absolute Gasteiger partial charge is 0.469 e. The van der Waals surface area contributed by atoms with E-state index in [1.165, 1.54) is 7.11 Å². The van der Waals surface area contributed by atoms with Gasteiger partial charge in [-0.15, -0.1) is 0 Å². The molecule has 3 aromatic carbocycles. The molecule has 2 heterocycles. The van der Waals surface area contributed by atoms with Crippen molar-refractivity contribution in [2.75, 3.05) is 37.5 Å². The number of aromatic amines is 1. The molecule has 2 amide bonds. The van der Waals surface area contributed by atoms with Crippen LogP contribution in [-0.2, 0) is 9.53 Å². The molecule has 0 bridgehead atoms. The van der Waals surface area contributed by atoms with Crippen molar-refractivity contribution in [1.29, 1.82) is 0 Å². The second-order valence-electron chi connectivity index (χ2n) is 9.90. The number of ether oxygens (including phenoxy) is 1. The fraction of sp³-hybridized carbons (Fsp3) is 0.290. The van der Waals surface area contributed by atoms with Crippen molar-refractivity contribution in [2.45, 2.75) is 31.6 Å². The number of hydrogen-bond acceptors (Lipinski definition) is 6. The molecule has 1 aromatic heterocycles. The third-order valence-electron chi connectivity index (χ3n) is 7.32. The first-order valence-electron chi connectivity index (χ1n) is 13.5. The summed E-state index contributed by atoms with van der Waals surface area (Å²) in [5.41, 5.74) is 5.13. The van der Waals surface area contributed by atoms with Crippen molar-refractivity contribution in [3.63, 3.8) is 0 Å². The summed E-state index contributed by atoms with van der Waals surface area (Å²) in [6, 6.07) is 20.5. The number of nitrogens with one attached hydrogen (secondary N) is 3. The number of fused-ring (bicyclic) bond motifs is 3. The topological polar surface area (TPSA) is 116 Å². The number of carbonyl (C=O) groups excluding carboxylic acids is 3. The van der Waals surface area contributed by atoms with Gasteiger partial charge in [0.25, 0.3) is 11.8 Å². The van der Waals surface area contributed by atoms with Gasteiger partial charge in [-0.2, -0.15) is 0 Å². The van der Waals surface area contributed by atoms with Crippen LogP contribution in [0.25, 0.3) is 11.0 Å². The van der Waals surface area contributed by atoms with E-state index in [4.69, 9.17) is 4.74 Å². The van der Waals surface area contributed by atoms with E-state index in [1.807, 2.05) is 48.5 Å². The van der Waals surface area contributed by atoms with Crippen LogP contribution in [0, 0.1) is 0 Å². The lowest BCUT2D eigenvalue weighted by Crippen LogP contribution is -2.28. The highest BCUT2D eigenvalue weighted by Crippen LogP contribution is 2.40. The van der Waals surface area contributed by atoms with E-state index in [9.17, 15) is 14.4 Å². The molecule has 0 saturated heterocycles. The number of nitrogens with zero attached hydrogens (tertiary/aromatic N) is 2. The molecule has 0 radical (unpaired) electrons. The number of imidazole rings is 1. The molecule has 206 valence electrons. The van der Waals surface area contributed by atoms with Gasteiger partial charge in [0.05, 0.1) is 24.6 Å². The van der Waals surface area contributed by atoms with Crippen LogP contribution in [0.4, 0.5) is 11.6 Å². The van der Waals surface area contributed by atoms with Gasteiger partial charge < -0.3 is 25.3 Å². The highest BCUT2D eigenvalue weighted by Gasteiger charge is 2.32. The Balaban J connectivity index is 1.18. The van der Waals surface area contributed by atoms with Gasteiger partial charge in [0.15, 0.2) is 0 Å². The van der Waals surface area contributed by atoms with Crippen LogP contribution in [0.2, 0.25) is 0 Å². The van der Waals surface area contributed by atoms with Gasteiger partial charge in [-0.25, -0.2) is 4.98 Å². The van der Waals surface area contributed by atoms with Gasteiger partial charge in [-0.3, -0.25) is 14.4 Å². The van der Waals surface area contributed by atoms with Gasteiger partial charge in [0.1, 0.15) is 0 Å². The van der Waals surface area contributed by atoms with E-state index in [2.05, 4.69) is 20.6 Å². The Morgan fingerprint density at radius 1 is 0.975 bits per heavy atom. The molecule has 1 aliphatic heterocycles. The molecule has 9 heteroatoms. The van der Waals surface area contributed by atoms with Crippen LogP contribution in [-0.4, -0.2) is 55.0 Å². The van der Waals surface area contributed by atoms with Crippen LogP contribution in [0.5, 0.6) is 0 Å². The van der Waals surface area contributed by atoms with Crippen molar-refractivity contribution in [2.24, 2.45) is 0 Å². The average Bonchev–Trinajstić information content (AvgIpc) is 3.38. The SMILES string of the molecule is COC(=O)CC1c2ccccc2C(=O)N(C)c2cc(C(=O)NCCCCCNc3nc4ccccc4[nH]3)ccc21. The van der Waals surface area contributed by atoms with Crippen molar-refractivity contribution in [3.8, 4) is 0 Å². The molecule has 1 aliphatic rings. The van der Waals surface area contributed by atoms with E-state index >= 15 is 0 Å². The summed E-state index contributed by atoms with van der Waals surface area (Å²) in [7, 11) is 3.05. The second-order valence-corrected chi connectivity index (χ2v) is 9.90. The molecule has 0 spiro atoms. The fourth-order valence-corrected chi connectivity index (χ4v) is 5.17. The van der Waals surface area contributed by atoms with Crippen LogP contribution in [0.1, 0.15) is 63.4 Å². The third kappa shape index (κ3) is 5.68. The summed E-state index contributed by atoms with van der Waals surface area (Å²) in [5.74, 6) is -0.346. The van der Waals surface area contributed by atoms with Gasteiger partial charge in [0.2, 0.25) is 5.95 Å². The van der Waals surface area contributed by atoms with Gasteiger partial charge in [-0.1, -0.05) is 36.4 Å². The van der Waals surface area contributed by atoms with Crippen molar-refractivity contribution in [1.82, 2.24) is 15.3 Å². The normalized spacial score (nSPS) is 14.3. The Hall–Kier alpha value is -4.66. The van der Waals surface area contributed by atoms with Crippen LogP contribution < -0.4 is 15.5 Å². The highest BCUT2D eigenvalue weighted by molar-refractivity contribution is 6.09. The number of rotatable bonds is 10. The first-order chi connectivity index (χ1) is 19.5. The van der Waals surface area contributed by atoms with E-state index < -0.39 is 0 Å². The molecule has 1 atom stereocenters. The summed E-state index contributed by atoms with van der Waals surface area (Å²) in [6.45, 7) is 1.33. The zero-order valence-corrected chi connectivity index (χ0v) is 22.7. The number of carbonyl (C=O) groups is 3. The standard InChI is InChI=1S/C31H33N5O4/c1-36-27-18-20(14-15-22(27)24(19-28(37)40-2)21-10-4-5-11-23(21)30(36)39)29(38)32-16-8-3-9-17-33-31-34-25-12-6-7-13-26(25)35-31/h4-7,10-15,18,24H,3,8-9,16-17,19H2,1-2H3,(H,32,38)(H2,33,34,35).